The average Bonchev–Trinajstić information content (AvgIpc) is 2.70. The van der Waals surface area contributed by atoms with Crippen molar-refractivity contribution in [1.29, 1.82) is 0 Å². The SMILES string of the molecule is CCNC(=NCC(c1ccc(F)cc1)N1CCOCC1)NCCN(C)C(C)C. The molecule has 0 aliphatic carbocycles. The maximum Gasteiger partial charge on any atom is 0.191 e. The van der Waals surface area contributed by atoms with Gasteiger partial charge in [-0.1, -0.05) is 12.1 Å². The van der Waals surface area contributed by atoms with E-state index in [-0.39, 0.29) is 11.9 Å². The summed E-state index contributed by atoms with van der Waals surface area (Å²) in [6.07, 6.45) is 0. The van der Waals surface area contributed by atoms with Crippen LogP contribution in [0.15, 0.2) is 29.3 Å². The molecule has 1 aromatic rings. The third-order valence-corrected chi connectivity index (χ3v) is 5.15. The Labute approximate surface area is 169 Å². The van der Waals surface area contributed by atoms with Gasteiger partial charge in [-0.2, -0.15) is 0 Å². The normalized spacial score (nSPS) is 17.2. The molecule has 1 heterocycles. The van der Waals surface area contributed by atoms with Crippen molar-refractivity contribution in [3.63, 3.8) is 0 Å². The average molecular weight is 394 g/mol. The Bertz CT molecular complexity index is 587. The number of ether oxygens (including phenoxy) is 1. The molecule has 1 aromatic carbocycles. The van der Waals surface area contributed by atoms with Gasteiger partial charge in [-0.3, -0.25) is 9.89 Å². The smallest absolute Gasteiger partial charge is 0.191 e. The van der Waals surface area contributed by atoms with E-state index in [1.165, 1.54) is 12.1 Å². The van der Waals surface area contributed by atoms with Crippen LogP contribution in [0.4, 0.5) is 4.39 Å². The lowest BCUT2D eigenvalue weighted by atomic mass is 10.0. The molecule has 0 saturated carbocycles. The van der Waals surface area contributed by atoms with E-state index < -0.39 is 0 Å². The number of hydrogen-bond acceptors (Lipinski definition) is 4. The second-order valence-electron chi connectivity index (χ2n) is 7.44. The molecule has 0 radical (unpaired) electrons. The van der Waals surface area contributed by atoms with Gasteiger partial charge in [-0.05, 0) is 45.5 Å². The van der Waals surface area contributed by atoms with Crippen LogP contribution in [-0.4, -0.2) is 81.3 Å². The van der Waals surface area contributed by atoms with Crippen LogP contribution in [0.2, 0.25) is 0 Å². The van der Waals surface area contributed by atoms with E-state index in [0.717, 1.165) is 57.5 Å². The number of nitrogens with zero attached hydrogens (tertiary/aromatic N) is 3. The second kappa shape index (κ2) is 12.0. The van der Waals surface area contributed by atoms with Gasteiger partial charge >= 0.3 is 0 Å². The number of aliphatic imine (C=N–C) groups is 1. The maximum atomic E-state index is 13.4. The standard InChI is InChI=1S/C21H36FN5O/c1-5-23-21(24-10-11-26(4)17(2)3)25-16-20(27-12-14-28-15-13-27)18-6-8-19(22)9-7-18/h6-9,17,20H,5,10-16H2,1-4H3,(H2,23,24,25). The Morgan fingerprint density at radius 3 is 2.50 bits per heavy atom. The summed E-state index contributed by atoms with van der Waals surface area (Å²) >= 11 is 0. The maximum absolute atomic E-state index is 13.4. The summed E-state index contributed by atoms with van der Waals surface area (Å²) in [7, 11) is 2.12. The molecular formula is C21H36FN5O. The van der Waals surface area contributed by atoms with Crippen LogP contribution in [0.5, 0.6) is 0 Å². The monoisotopic (exact) mass is 393 g/mol. The summed E-state index contributed by atoms with van der Waals surface area (Å²) in [5, 5.41) is 6.74. The quantitative estimate of drug-likeness (QED) is 0.497. The van der Waals surface area contributed by atoms with Crippen molar-refractivity contribution in [1.82, 2.24) is 20.4 Å². The van der Waals surface area contributed by atoms with Crippen molar-refractivity contribution in [2.75, 3.05) is 59.5 Å². The number of guanidine groups is 1. The van der Waals surface area contributed by atoms with E-state index in [1.807, 2.05) is 12.1 Å². The zero-order valence-electron chi connectivity index (χ0n) is 17.7. The minimum absolute atomic E-state index is 0.110. The third-order valence-electron chi connectivity index (χ3n) is 5.15. The van der Waals surface area contributed by atoms with Gasteiger partial charge in [0, 0.05) is 38.8 Å². The third kappa shape index (κ3) is 7.37. The van der Waals surface area contributed by atoms with Crippen LogP contribution in [-0.2, 0) is 4.74 Å². The molecule has 2 rings (SSSR count). The molecular weight excluding hydrogens is 357 g/mol. The van der Waals surface area contributed by atoms with Crippen LogP contribution in [0.3, 0.4) is 0 Å². The molecule has 6 nitrogen and oxygen atoms in total. The number of hydrogen-bond donors (Lipinski definition) is 2. The van der Waals surface area contributed by atoms with Crippen LogP contribution >= 0.6 is 0 Å². The number of morpholine rings is 1. The molecule has 158 valence electrons. The number of benzene rings is 1. The summed E-state index contributed by atoms with van der Waals surface area (Å²) in [6, 6.07) is 7.41. The fraction of sp³-hybridized carbons (Fsp3) is 0.667. The molecule has 0 amide bonds. The molecule has 1 atom stereocenters. The predicted octanol–water partition coefficient (Wildman–Crippen LogP) is 2.09. The molecule has 0 bridgehead atoms. The molecule has 2 N–H and O–H groups in total. The van der Waals surface area contributed by atoms with Gasteiger partial charge in [-0.15, -0.1) is 0 Å². The molecule has 1 unspecified atom stereocenters. The molecule has 1 fully saturated rings. The zero-order valence-corrected chi connectivity index (χ0v) is 17.7. The van der Waals surface area contributed by atoms with Crippen molar-refractivity contribution in [3.05, 3.63) is 35.6 Å². The van der Waals surface area contributed by atoms with Crippen molar-refractivity contribution >= 4 is 5.96 Å². The molecule has 7 heteroatoms. The molecule has 1 saturated heterocycles. The highest BCUT2D eigenvalue weighted by Crippen LogP contribution is 2.22. The van der Waals surface area contributed by atoms with E-state index in [4.69, 9.17) is 9.73 Å². The summed E-state index contributed by atoms with van der Waals surface area (Å²) in [4.78, 5) is 9.50. The van der Waals surface area contributed by atoms with Crippen molar-refractivity contribution in [2.24, 2.45) is 4.99 Å². The number of nitrogens with one attached hydrogen (secondary N) is 2. The number of rotatable bonds is 9. The van der Waals surface area contributed by atoms with E-state index in [2.05, 4.69) is 48.3 Å². The molecule has 1 aliphatic rings. The highest BCUT2D eigenvalue weighted by molar-refractivity contribution is 5.79. The lowest BCUT2D eigenvalue weighted by molar-refractivity contribution is 0.0179. The van der Waals surface area contributed by atoms with Crippen LogP contribution in [0.25, 0.3) is 0 Å². The Kier molecular flexibility index (Phi) is 9.67. The van der Waals surface area contributed by atoms with Crippen molar-refractivity contribution in [2.45, 2.75) is 32.9 Å². The van der Waals surface area contributed by atoms with Crippen molar-refractivity contribution < 1.29 is 9.13 Å². The van der Waals surface area contributed by atoms with Gasteiger partial charge in [0.1, 0.15) is 5.82 Å². The first-order valence-corrected chi connectivity index (χ1v) is 10.3. The molecule has 28 heavy (non-hydrogen) atoms. The van der Waals surface area contributed by atoms with Crippen LogP contribution in [0, 0.1) is 5.82 Å². The minimum Gasteiger partial charge on any atom is -0.379 e. The van der Waals surface area contributed by atoms with E-state index in [1.54, 1.807) is 0 Å². The Morgan fingerprint density at radius 2 is 1.89 bits per heavy atom. The lowest BCUT2D eigenvalue weighted by Crippen LogP contribution is -2.43. The zero-order chi connectivity index (χ0) is 20.4. The van der Waals surface area contributed by atoms with Gasteiger partial charge in [0.05, 0.1) is 25.8 Å². The van der Waals surface area contributed by atoms with E-state index in [9.17, 15) is 4.39 Å². The van der Waals surface area contributed by atoms with Crippen LogP contribution < -0.4 is 10.6 Å². The summed E-state index contributed by atoms with van der Waals surface area (Å²) < 4.78 is 18.9. The predicted molar refractivity (Wildman–Crippen MR) is 113 cm³/mol. The highest BCUT2D eigenvalue weighted by Gasteiger charge is 2.22. The summed E-state index contributed by atoms with van der Waals surface area (Å²) in [6.45, 7) is 12.8. The topological polar surface area (TPSA) is 52.1 Å². The molecule has 1 aliphatic heterocycles. The first-order valence-electron chi connectivity index (χ1n) is 10.3. The lowest BCUT2D eigenvalue weighted by Gasteiger charge is -2.34. The first kappa shape index (κ1) is 22.6. The molecule has 0 aromatic heterocycles. The van der Waals surface area contributed by atoms with Gasteiger partial charge in [0.25, 0.3) is 0 Å². The van der Waals surface area contributed by atoms with Gasteiger partial charge in [-0.25, -0.2) is 4.39 Å². The Morgan fingerprint density at radius 1 is 1.21 bits per heavy atom. The molecule has 0 spiro atoms. The second-order valence-corrected chi connectivity index (χ2v) is 7.44. The largest absolute Gasteiger partial charge is 0.379 e. The van der Waals surface area contributed by atoms with E-state index >= 15 is 0 Å². The number of halogens is 1. The summed E-state index contributed by atoms with van der Waals surface area (Å²) in [5.41, 5.74) is 1.09. The van der Waals surface area contributed by atoms with Crippen LogP contribution in [0.1, 0.15) is 32.4 Å². The first-order chi connectivity index (χ1) is 13.5. The van der Waals surface area contributed by atoms with E-state index in [0.29, 0.717) is 12.6 Å². The Hall–Kier alpha value is -1.70. The van der Waals surface area contributed by atoms with Gasteiger partial charge < -0.3 is 20.3 Å². The van der Waals surface area contributed by atoms with Gasteiger partial charge in [0.2, 0.25) is 0 Å². The highest BCUT2D eigenvalue weighted by atomic mass is 19.1. The van der Waals surface area contributed by atoms with Gasteiger partial charge in [0.15, 0.2) is 5.96 Å². The Balaban J connectivity index is 2.05. The number of likely N-dealkylation sites (N-methyl/N-ethyl adjacent to an activating group) is 1. The minimum atomic E-state index is -0.211. The van der Waals surface area contributed by atoms with Crippen molar-refractivity contribution in [3.8, 4) is 0 Å². The fourth-order valence-corrected chi connectivity index (χ4v) is 3.13. The summed E-state index contributed by atoms with van der Waals surface area (Å²) in [5.74, 6) is 0.609. The fourth-order valence-electron chi connectivity index (χ4n) is 3.13.